The molecule has 0 radical (unpaired) electrons. The Balaban J connectivity index is 2.57. The summed E-state index contributed by atoms with van der Waals surface area (Å²) in [5.74, 6) is 0.983. The van der Waals surface area contributed by atoms with Crippen molar-refractivity contribution in [2.24, 2.45) is 7.05 Å². The summed E-state index contributed by atoms with van der Waals surface area (Å²) < 4.78 is 3.78. The molecule has 0 unspecified atom stereocenters. The van der Waals surface area contributed by atoms with Gasteiger partial charge in [-0.3, -0.25) is 0 Å². The van der Waals surface area contributed by atoms with Crippen molar-refractivity contribution in [3.05, 3.63) is 26.9 Å². The molecule has 2 nitrogen and oxygen atoms in total. The second-order valence-electron chi connectivity index (χ2n) is 2.96. The SMILES string of the molecule is Cc1nc(-c2ccc(Cl)s2)c(Br)n1C. The maximum Gasteiger partial charge on any atom is 0.113 e. The van der Waals surface area contributed by atoms with Crippen LogP contribution in [0.15, 0.2) is 16.7 Å². The summed E-state index contributed by atoms with van der Waals surface area (Å²) in [5, 5.41) is 0. The average molecular weight is 292 g/mol. The van der Waals surface area contributed by atoms with Gasteiger partial charge in [-0.1, -0.05) is 11.6 Å². The Hall–Kier alpha value is -0.320. The van der Waals surface area contributed by atoms with E-state index in [0.29, 0.717) is 0 Å². The maximum absolute atomic E-state index is 5.88. The molecule has 2 aromatic rings. The largest absolute Gasteiger partial charge is 0.326 e. The number of imidazole rings is 1. The number of aromatic nitrogens is 2. The van der Waals surface area contributed by atoms with Crippen LogP contribution in [-0.2, 0) is 7.05 Å². The Bertz CT molecular complexity index is 475. The lowest BCUT2D eigenvalue weighted by molar-refractivity contribution is 0.840. The number of aryl methyl sites for hydroxylation is 1. The summed E-state index contributed by atoms with van der Waals surface area (Å²) in [6.45, 7) is 1.98. The van der Waals surface area contributed by atoms with Crippen LogP contribution in [-0.4, -0.2) is 9.55 Å². The molecule has 0 bridgehead atoms. The lowest BCUT2D eigenvalue weighted by atomic mass is 10.4. The zero-order chi connectivity index (χ0) is 10.3. The Morgan fingerprint density at radius 3 is 2.64 bits per heavy atom. The first-order valence-electron chi connectivity index (χ1n) is 4.04. The number of rotatable bonds is 1. The molecule has 0 amide bonds. The number of halogens is 2. The third-order valence-electron chi connectivity index (χ3n) is 2.06. The van der Waals surface area contributed by atoms with Crippen LogP contribution in [0.5, 0.6) is 0 Å². The molecule has 2 aromatic heterocycles. The third-order valence-corrected chi connectivity index (χ3v) is 4.20. The van der Waals surface area contributed by atoms with Crippen LogP contribution < -0.4 is 0 Å². The zero-order valence-corrected chi connectivity index (χ0v) is 10.9. The van der Waals surface area contributed by atoms with Crippen LogP contribution in [0.3, 0.4) is 0 Å². The van der Waals surface area contributed by atoms with Gasteiger partial charge in [-0.05, 0) is 35.0 Å². The average Bonchev–Trinajstić information content (AvgIpc) is 2.66. The number of nitrogens with zero attached hydrogens (tertiary/aromatic N) is 2. The van der Waals surface area contributed by atoms with Crippen molar-refractivity contribution >= 4 is 38.9 Å². The molecule has 0 aliphatic heterocycles. The first kappa shape index (κ1) is 10.2. The van der Waals surface area contributed by atoms with Crippen LogP contribution in [0, 0.1) is 6.92 Å². The standard InChI is InChI=1S/C9H8BrClN2S/c1-5-12-8(9(10)13(5)2)6-3-4-7(11)14-6/h3-4H,1-2H3. The second kappa shape index (κ2) is 3.68. The van der Waals surface area contributed by atoms with Crippen LogP contribution in [0.2, 0.25) is 4.34 Å². The molecule has 0 spiro atoms. The van der Waals surface area contributed by atoms with Crippen LogP contribution in [0.4, 0.5) is 0 Å². The number of hydrogen-bond donors (Lipinski definition) is 0. The van der Waals surface area contributed by atoms with Gasteiger partial charge < -0.3 is 4.57 Å². The van der Waals surface area contributed by atoms with E-state index < -0.39 is 0 Å². The minimum Gasteiger partial charge on any atom is -0.326 e. The highest BCUT2D eigenvalue weighted by Gasteiger charge is 2.12. The van der Waals surface area contributed by atoms with Crippen molar-refractivity contribution in [3.8, 4) is 10.6 Å². The third kappa shape index (κ3) is 1.62. The van der Waals surface area contributed by atoms with Crippen molar-refractivity contribution in [3.63, 3.8) is 0 Å². The highest BCUT2D eigenvalue weighted by Crippen LogP contribution is 2.34. The van der Waals surface area contributed by atoms with E-state index in [9.17, 15) is 0 Å². The van der Waals surface area contributed by atoms with E-state index in [-0.39, 0.29) is 0 Å². The van der Waals surface area contributed by atoms with E-state index >= 15 is 0 Å². The molecule has 0 aliphatic rings. The smallest absolute Gasteiger partial charge is 0.113 e. The Labute approximate surface area is 99.7 Å². The van der Waals surface area contributed by atoms with E-state index in [2.05, 4.69) is 20.9 Å². The van der Waals surface area contributed by atoms with Gasteiger partial charge in [0, 0.05) is 7.05 Å². The minimum absolute atomic E-state index is 0.787. The fourth-order valence-electron chi connectivity index (χ4n) is 1.18. The van der Waals surface area contributed by atoms with Gasteiger partial charge in [0.1, 0.15) is 16.1 Å². The summed E-state index contributed by atoms with van der Waals surface area (Å²) in [6.07, 6.45) is 0. The fourth-order valence-corrected chi connectivity index (χ4v) is 2.91. The molecule has 74 valence electrons. The van der Waals surface area contributed by atoms with Gasteiger partial charge in [-0.2, -0.15) is 0 Å². The minimum atomic E-state index is 0.787. The Morgan fingerprint density at radius 2 is 2.21 bits per heavy atom. The van der Waals surface area contributed by atoms with E-state index in [1.165, 1.54) is 11.3 Å². The highest BCUT2D eigenvalue weighted by molar-refractivity contribution is 9.10. The van der Waals surface area contributed by atoms with E-state index in [0.717, 1.165) is 25.3 Å². The van der Waals surface area contributed by atoms with Gasteiger partial charge in [-0.25, -0.2) is 4.98 Å². The molecule has 0 fully saturated rings. The highest BCUT2D eigenvalue weighted by atomic mass is 79.9. The molecule has 0 N–H and O–H groups in total. The summed E-state index contributed by atoms with van der Waals surface area (Å²) in [7, 11) is 1.98. The van der Waals surface area contributed by atoms with Crippen LogP contribution in [0.25, 0.3) is 10.6 Å². The normalized spacial score (nSPS) is 10.9. The van der Waals surface area contributed by atoms with Crippen molar-refractivity contribution < 1.29 is 0 Å². The summed E-state index contributed by atoms with van der Waals surface area (Å²) in [4.78, 5) is 5.55. The molecule has 0 aromatic carbocycles. The van der Waals surface area contributed by atoms with E-state index in [1.807, 2.05) is 30.7 Å². The van der Waals surface area contributed by atoms with E-state index in [4.69, 9.17) is 11.6 Å². The number of thiophene rings is 1. The molecular weight excluding hydrogens is 284 g/mol. The number of hydrogen-bond acceptors (Lipinski definition) is 2. The second-order valence-corrected chi connectivity index (χ2v) is 5.43. The van der Waals surface area contributed by atoms with Crippen molar-refractivity contribution in [1.29, 1.82) is 0 Å². The summed E-state index contributed by atoms with van der Waals surface area (Å²) in [5.41, 5.74) is 0.960. The van der Waals surface area contributed by atoms with Crippen molar-refractivity contribution in [2.75, 3.05) is 0 Å². The topological polar surface area (TPSA) is 17.8 Å². The zero-order valence-electron chi connectivity index (χ0n) is 7.71. The monoisotopic (exact) mass is 290 g/mol. The summed E-state index contributed by atoms with van der Waals surface area (Å²) in [6, 6.07) is 3.87. The van der Waals surface area contributed by atoms with Crippen molar-refractivity contribution in [1.82, 2.24) is 9.55 Å². The Morgan fingerprint density at radius 1 is 1.50 bits per heavy atom. The van der Waals surface area contributed by atoms with Gasteiger partial charge in [0.05, 0.1) is 9.21 Å². The van der Waals surface area contributed by atoms with Crippen LogP contribution in [0.1, 0.15) is 5.82 Å². The predicted octanol–water partition coefficient (Wildman–Crippen LogP) is 3.87. The Kier molecular flexibility index (Phi) is 2.68. The molecule has 0 aliphatic carbocycles. The lowest BCUT2D eigenvalue weighted by Gasteiger charge is -1.95. The first-order chi connectivity index (χ1) is 6.59. The van der Waals surface area contributed by atoms with Crippen LogP contribution >= 0.6 is 38.9 Å². The maximum atomic E-state index is 5.88. The quantitative estimate of drug-likeness (QED) is 0.780. The lowest BCUT2D eigenvalue weighted by Crippen LogP contribution is -1.89. The molecule has 0 saturated carbocycles. The molecule has 0 saturated heterocycles. The molecule has 0 atom stereocenters. The van der Waals surface area contributed by atoms with Gasteiger partial charge in [0.2, 0.25) is 0 Å². The predicted molar refractivity (Wildman–Crippen MR) is 64.0 cm³/mol. The van der Waals surface area contributed by atoms with Gasteiger partial charge >= 0.3 is 0 Å². The van der Waals surface area contributed by atoms with E-state index in [1.54, 1.807) is 0 Å². The van der Waals surface area contributed by atoms with Gasteiger partial charge in [0.25, 0.3) is 0 Å². The molecule has 14 heavy (non-hydrogen) atoms. The molecule has 2 rings (SSSR count). The molecular formula is C9H8BrClN2S. The fraction of sp³-hybridized carbons (Fsp3) is 0.222. The molecule has 5 heteroatoms. The summed E-state index contributed by atoms with van der Waals surface area (Å²) >= 11 is 10.9. The molecule has 2 heterocycles. The first-order valence-corrected chi connectivity index (χ1v) is 6.03. The van der Waals surface area contributed by atoms with Gasteiger partial charge in [0.15, 0.2) is 0 Å². The van der Waals surface area contributed by atoms with Gasteiger partial charge in [-0.15, -0.1) is 11.3 Å². The van der Waals surface area contributed by atoms with Crippen molar-refractivity contribution in [2.45, 2.75) is 6.92 Å².